The van der Waals surface area contributed by atoms with Crippen molar-refractivity contribution in [2.45, 2.75) is 39.0 Å². The van der Waals surface area contributed by atoms with Gasteiger partial charge in [0.15, 0.2) is 5.82 Å². The van der Waals surface area contributed by atoms with Crippen LogP contribution in [0.4, 0.5) is 5.82 Å². The highest BCUT2D eigenvalue weighted by atomic mass is 16.5. The van der Waals surface area contributed by atoms with E-state index in [4.69, 9.17) is 14.6 Å². The van der Waals surface area contributed by atoms with Gasteiger partial charge in [-0.25, -0.2) is 0 Å². The molecule has 33 heavy (non-hydrogen) atoms. The van der Waals surface area contributed by atoms with Crippen LogP contribution in [0.2, 0.25) is 0 Å². The van der Waals surface area contributed by atoms with Crippen molar-refractivity contribution in [3.05, 3.63) is 48.4 Å². The lowest BCUT2D eigenvalue weighted by molar-refractivity contribution is -0.133. The van der Waals surface area contributed by atoms with E-state index < -0.39 is 12.1 Å². The van der Waals surface area contributed by atoms with Crippen LogP contribution >= 0.6 is 0 Å². The zero-order chi connectivity index (χ0) is 24.0. The molecule has 0 aliphatic carbocycles. The van der Waals surface area contributed by atoms with Crippen molar-refractivity contribution in [3.8, 4) is 11.5 Å². The molecule has 0 bridgehead atoms. The summed E-state index contributed by atoms with van der Waals surface area (Å²) in [6.45, 7) is 3.85. The molecule has 3 N–H and O–H groups in total. The molecule has 0 fully saturated rings. The van der Waals surface area contributed by atoms with Gasteiger partial charge in [0.05, 0.1) is 32.9 Å². The molecule has 1 aliphatic heterocycles. The molecule has 10 heteroatoms. The third-order valence-corrected chi connectivity index (χ3v) is 5.08. The Labute approximate surface area is 192 Å². The van der Waals surface area contributed by atoms with Gasteiger partial charge in [-0.15, -0.1) is 0 Å². The van der Waals surface area contributed by atoms with Gasteiger partial charge < -0.3 is 29.9 Å². The minimum absolute atomic E-state index is 0.0996. The number of hydrogen-bond donors (Lipinski definition) is 3. The second kappa shape index (κ2) is 11.0. The minimum atomic E-state index is -0.945. The quantitative estimate of drug-likeness (QED) is 0.465. The Kier molecular flexibility index (Phi) is 8.07. The highest BCUT2D eigenvalue weighted by Gasteiger charge is 2.35. The van der Waals surface area contributed by atoms with Crippen molar-refractivity contribution in [1.82, 2.24) is 14.7 Å². The lowest BCUT2D eigenvalue weighted by Gasteiger charge is -2.28. The van der Waals surface area contributed by atoms with Crippen LogP contribution in [0.15, 0.2) is 48.4 Å². The third kappa shape index (κ3) is 6.56. The average Bonchev–Trinajstić information content (AvgIpc) is 3.37. The van der Waals surface area contributed by atoms with Gasteiger partial charge in [0.1, 0.15) is 23.3 Å². The first-order chi connectivity index (χ1) is 15.8. The fraction of sp³-hybridized carbons (Fsp3) is 0.435. The Morgan fingerprint density at radius 3 is 2.55 bits per heavy atom. The van der Waals surface area contributed by atoms with Crippen LogP contribution in [0.5, 0.6) is 11.5 Å². The number of benzene rings is 1. The number of anilines is 1. The molecule has 2 atom stereocenters. The number of ether oxygens (including phenoxy) is 2. The number of aliphatic hydroxyl groups excluding tert-OH is 2. The molecular weight excluding hydrogens is 428 g/mol. The molecule has 2 heterocycles. The van der Waals surface area contributed by atoms with E-state index in [0.29, 0.717) is 29.5 Å². The first-order valence-electron chi connectivity index (χ1n) is 10.8. The van der Waals surface area contributed by atoms with Gasteiger partial charge in [0.25, 0.3) is 5.91 Å². The van der Waals surface area contributed by atoms with Crippen molar-refractivity contribution in [1.29, 1.82) is 0 Å². The van der Waals surface area contributed by atoms with Crippen LogP contribution in [0.25, 0.3) is 0 Å². The largest absolute Gasteiger partial charge is 0.497 e. The minimum Gasteiger partial charge on any atom is -0.497 e. The first-order valence-corrected chi connectivity index (χ1v) is 10.8. The molecule has 0 radical (unpaired) electrons. The van der Waals surface area contributed by atoms with Crippen molar-refractivity contribution in [3.63, 3.8) is 0 Å². The molecule has 2 amide bonds. The Bertz CT molecular complexity index is 985. The van der Waals surface area contributed by atoms with E-state index in [1.807, 2.05) is 13.8 Å². The van der Waals surface area contributed by atoms with Gasteiger partial charge in [0.2, 0.25) is 5.91 Å². The first kappa shape index (κ1) is 24.3. The number of amides is 2. The summed E-state index contributed by atoms with van der Waals surface area (Å²) in [5.74, 6) is 1.53. The van der Waals surface area contributed by atoms with E-state index in [9.17, 15) is 14.7 Å². The molecular formula is C23H30N4O6. The number of aromatic nitrogens is 2. The summed E-state index contributed by atoms with van der Waals surface area (Å²) in [5, 5.41) is 25.5. The maximum Gasteiger partial charge on any atom is 0.251 e. The molecule has 2 aromatic rings. The van der Waals surface area contributed by atoms with E-state index >= 15 is 0 Å². The fourth-order valence-corrected chi connectivity index (χ4v) is 3.47. The van der Waals surface area contributed by atoms with Crippen LogP contribution in [-0.4, -0.2) is 69.1 Å². The van der Waals surface area contributed by atoms with Crippen molar-refractivity contribution < 1.29 is 29.3 Å². The van der Waals surface area contributed by atoms with Gasteiger partial charge in [-0.3, -0.25) is 14.3 Å². The number of rotatable bonds is 11. The number of carbonyl (C=O) groups is 2. The maximum absolute atomic E-state index is 13.1. The molecule has 1 aliphatic rings. The van der Waals surface area contributed by atoms with Gasteiger partial charge in [-0.05, 0) is 36.6 Å². The number of hydrogen-bond acceptors (Lipinski definition) is 7. The summed E-state index contributed by atoms with van der Waals surface area (Å²) in [7, 11) is 1.58. The predicted octanol–water partition coefficient (Wildman–Crippen LogP) is 1.40. The van der Waals surface area contributed by atoms with Crippen molar-refractivity contribution in [2.24, 2.45) is 5.92 Å². The van der Waals surface area contributed by atoms with Gasteiger partial charge in [-0.1, -0.05) is 13.8 Å². The number of methoxy groups -OCH3 is 1. The standard InChI is InChI=1S/C23H30N4O6/c1-15(2)10-20(23(31)24-21-8-9-26(25-21)12-16(29)14-28)27-13-19(11-22(27)30)33-18-6-4-17(32-3)5-7-18/h4-9,11,15-16,20,28-29H,10,12-14H2,1-3H3,(H,24,25,31)/t16-,20+/m1/s1. The second-order valence-corrected chi connectivity index (χ2v) is 8.25. The van der Waals surface area contributed by atoms with Crippen LogP contribution in [0, 0.1) is 5.92 Å². The van der Waals surface area contributed by atoms with Crippen molar-refractivity contribution >= 4 is 17.6 Å². The van der Waals surface area contributed by atoms with Crippen LogP contribution in [-0.2, 0) is 16.1 Å². The topological polar surface area (TPSA) is 126 Å². The van der Waals surface area contributed by atoms with Gasteiger partial charge in [0, 0.05) is 18.3 Å². The number of nitrogens with zero attached hydrogens (tertiary/aromatic N) is 3. The van der Waals surface area contributed by atoms with Gasteiger partial charge in [-0.2, -0.15) is 5.10 Å². The number of carbonyl (C=O) groups excluding carboxylic acids is 2. The zero-order valence-electron chi connectivity index (χ0n) is 19.0. The average molecular weight is 459 g/mol. The summed E-state index contributed by atoms with van der Waals surface area (Å²) < 4.78 is 12.4. The molecule has 0 saturated carbocycles. The van der Waals surface area contributed by atoms with E-state index in [0.717, 1.165) is 0 Å². The summed E-state index contributed by atoms with van der Waals surface area (Å²) >= 11 is 0. The molecule has 1 aromatic carbocycles. The van der Waals surface area contributed by atoms with Crippen molar-refractivity contribution in [2.75, 3.05) is 25.6 Å². The maximum atomic E-state index is 13.1. The highest BCUT2D eigenvalue weighted by molar-refractivity contribution is 5.99. The van der Waals surface area contributed by atoms with E-state index in [-0.39, 0.29) is 37.4 Å². The number of nitrogens with one attached hydrogen (secondary N) is 1. The van der Waals surface area contributed by atoms with E-state index in [2.05, 4.69) is 10.4 Å². The lowest BCUT2D eigenvalue weighted by atomic mass is 10.0. The molecule has 10 nitrogen and oxygen atoms in total. The Balaban J connectivity index is 1.66. The van der Waals surface area contributed by atoms with Crippen LogP contribution in [0.3, 0.4) is 0 Å². The fourth-order valence-electron chi connectivity index (χ4n) is 3.47. The van der Waals surface area contributed by atoms with E-state index in [1.54, 1.807) is 43.6 Å². The van der Waals surface area contributed by atoms with E-state index in [1.165, 1.54) is 15.7 Å². The molecule has 0 saturated heterocycles. The molecule has 1 aromatic heterocycles. The summed E-state index contributed by atoms with van der Waals surface area (Å²) in [6, 6.07) is 7.90. The van der Waals surface area contributed by atoms with Gasteiger partial charge >= 0.3 is 0 Å². The predicted molar refractivity (Wildman–Crippen MR) is 121 cm³/mol. The summed E-state index contributed by atoms with van der Waals surface area (Å²) in [5.41, 5.74) is 0. The monoisotopic (exact) mass is 458 g/mol. The van der Waals surface area contributed by atoms with Crippen LogP contribution in [0.1, 0.15) is 20.3 Å². The zero-order valence-corrected chi connectivity index (χ0v) is 19.0. The molecule has 178 valence electrons. The second-order valence-electron chi connectivity index (χ2n) is 8.25. The summed E-state index contributed by atoms with van der Waals surface area (Å²) in [4.78, 5) is 27.3. The Hall–Kier alpha value is -3.37. The third-order valence-electron chi connectivity index (χ3n) is 5.08. The molecule has 0 unspecified atom stereocenters. The lowest BCUT2D eigenvalue weighted by Crippen LogP contribution is -2.46. The molecule has 0 spiro atoms. The smallest absolute Gasteiger partial charge is 0.251 e. The Morgan fingerprint density at radius 2 is 1.91 bits per heavy atom. The van der Waals surface area contributed by atoms with Crippen LogP contribution < -0.4 is 14.8 Å². The Morgan fingerprint density at radius 1 is 1.21 bits per heavy atom. The normalized spacial score (nSPS) is 15.4. The SMILES string of the molecule is COc1ccc(OC2=CC(=O)N([C@@H](CC(C)C)C(=O)Nc3ccn(C[C@@H](O)CO)n3)C2)cc1. The molecule has 3 rings (SSSR count). The highest BCUT2D eigenvalue weighted by Crippen LogP contribution is 2.24. The summed E-state index contributed by atoms with van der Waals surface area (Å²) in [6.07, 6.45) is 2.51. The number of aliphatic hydroxyl groups is 2.